The van der Waals surface area contributed by atoms with Gasteiger partial charge in [0.05, 0.1) is 0 Å². The summed E-state index contributed by atoms with van der Waals surface area (Å²) in [5.74, 6) is 0.798. The summed E-state index contributed by atoms with van der Waals surface area (Å²) in [5.41, 5.74) is 2.30. The number of nitrogens with zero attached hydrogens (tertiary/aromatic N) is 1. The SMILES string of the molecule is O=C(OCc1ccccc1)N1CCC(CN[C@@H]2C[C@H]2c2ccc3sccc3c2)CC1F. The van der Waals surface area contributed by atoms with Gasteiger partial charge in [0, 0.05) is 29.6 Å². The van der Waals surface area contributed by atoms with Gasteiger partial charge in [-0.25, -0.2) is 9.18 Å². The van der Waals surface area contributed by atoms with Crippen LogP contribution in [0.3, 0.4) is 0 Å². The molecule has 4 atom stereocenters. The van der Waals surface area contributed by atoms with Crippen LogP contribution in [0.2, 0.25) is 0 Å². The molecule has 3 aromatic rings. The van der Waals surface area contributed by atoms with E-state index in [1.54, 1.807) is 11.3 Å². The first kappa shape index (κ1) is 20.5. The van der Waals surface area contributed by atoms with Gasteiger partial charge in [-0.05, 0) is 65.4 Å². The smallest absolute Gasteiger partial charge is 0.412 e. The van der Waals surface area contributed by atoms with E-state index in [4.69, 9.17) is 4.74 Å². The maximum Gasteiger partial charge on any atom is 0.412 e. The Kier molecular flexibility index (Phi) is 5.92. The van der Waals surface area contributed by atoms with Gasteiger partial charge < -0.3 is 10.1 Å². The van der Waals surface area contributed by atoms with Crippen LogP contribution in [0.1, 0.15) is 36.3 Å². The second-order valence-electron chi connectivity index (χ2n) is 8.63. The molecule has 1 aromatic heterocycles. The molecule has 0 spiro atoms. The van der Waals surface area contributed by atoms with Crippen molar-refractivity contribution < 1.29 is 13.9 Å². The van der Waals surface area contributed by atoms with E-state index in [1.807, 2.05) is 30.3 Å². The highest BCUT2D eigenvalue weighted by molar-refractivity contribution is 7.17. The molecule has 2 aliphatic rings. The fourth-order valence-corrected chi connectivity index (χ4v) is 5.27. The fourth-order valence-electron chi connectivity index (χ4n) is 4.50. The molecule has 0 bridgehead atoms. The summed E-state index contributed by atoms with van der Waals surface area (Å²) in [7, 11) is 0. The number of fused-ring (bicyclic) bond motifs is 1. The largest absolute Gasteiger partial charge is 0.444 e. The molecular formula is C25H27FN2O2S. The summed E-state index contributed by atoms with van der Waals surface area (Å²) in [6.07, 6.45) is 0.464. The van der Waals surface area contributed by atoms with Crippen LogP contribution >= 0.6 is 11.3 Å². The van der Waals surface area contributed by atoms with E-state index in [1.165, 1.54) is 20.5 Å². The molecule has 0 radical (unpaired) electrons. The minimum atomic E-state index is -1.28. The summed E-state index contributed by atoms with van der Waals surface area (Å²) in [4.78, 5) is 13.5. The minimum absolute atomic E-state index is 0.175. The van der Waals surface area contributed by atoms with Crippen molar-refractivity contribution in [1.82, 2.24) is 10.2 Å². The molecule has 1 N–H and O–H groups in total. The van der Waals surface area contributed by atoms with Crippen LogP contribution in [0.25, 0.3) is 10.1 Å². The zero-order valence-corrected chi connectivity index (χ0v) is 18.2. The Labute approximate surface area is 186 Å². The minimum Gasteiger partial charge on any atom is -0.444 e. The van der Waals surface area contributed by atoms with Crippen molar-refractivity contribution in [3.8, 4) is 0 Å². The zero-order chi connectivity index (χ0) is 21.2. The van der Waals surface area contributed by atoms with Crippen molar-refractivity contribution in [2.75, 3.05) is 13.1 Å². The second-order valence-corrected chi connectivity index (χ2v) is 9.58. The number of hydrogen-bond donors (Lipinski definition) is 1. The van der Waals surface area contributed by atoms with Gasteiger partial charge in [0.25, 0.3) is 0 Å². The lowest BCUT2D eigenvalue weighted by Crippen LogP contribution is -2.46. The maximum atomic E-state index is 14.7. The van der Waals surface area contributed by atoms with Crippen molar-refractivity contribution in [2.45, 2.75) is 44.1 Å². The molecule has 2 unspecified atom stereocenters. The number of hydrogen-bond acceptors (Lipinski definition) is 4. The molecule has 1 saturated carbocycles. The average molecular weight is 439 g/mol. The highest BCUT2D eigenvalue weighted by atomic mass is 32.1. The number of amides is 1. The molecule has 1 aliphatic heterocycles. The highest BCUT2D eigenvalue weighted by Gasteiger charge is 2.39. The van der Waals surface area contributed by atoms with Crippen molar-refractivity contribution in [3.05, 3.63) is 71.1 Å². The first-order chi connectivity index (χ1) is 15.2. The van der Waals surface area contributed by atoms with E-state index in [2.05, 4.69) is 35.0 Å². The van der Waals surface area contributed by atoms with Crippen LogP contribution in [0.5, 0.6) is 0 Å². The number of alkyl halides is 1. The van der Waals surface area contributed by atoms with E-state index in [0.29, 0.717) is 24.9 Å². The maximum absolute atomic E-state index is 14.7. The van der Waals surface area contributed by atoms with Crippen LogP contribution in [0.4, 0.5) is 9.18 Å². The van der Waals surface area contributed by atoms with E-state index < -0.39 is 12.4 Å². The molecule has 1 aliphatic carbocycles. The normalized spacial score (nSPS) is 25.5. The van der Waals surface area contributed by atoms with E-state index in [0.717, 1.165) is 24.9 Å². The Morgan fingerprint density at radius 1 is 1.16 bits per heavy atom. The van der Waals surface area contributed by atoms with Crippen LogP contribution in [0.15, 0.2) is 60.0 Å². The molecule has 162 valence electrons. The van der Waals surface area contributed by atoms with E-state index in [9.17, 15) is 9.18 Å². The van der Waals surface area contributed by atoms with Crippen molar-refractivity contribution in [1.29, 1.82) is 0 Å². The standard InChI is InChI=1S/C25H27FN2O2S/c26-24-12-18(8-10-28(24)25(29)30-16-17-4-2-1-3-5-17)15-27-22-14-21(22)19-6-7-23-20(13-19)9-11-31-23/h1-7,9,11,13,18,21-22,24,27H,8,10,12,14-16H2/t18?,21-,22+,24?/m0/s1. The molecule has 1 amide bonds. The van der Waals surface area contributed by atoms with Crippen molar-refractivity contribution in [2.24, 2.45) is 5.92 Å². The molecule has 1 saturated heterocycles. The fraction of sp³-hybridized carbons (Fsp3) is 0.400. The number of halogens is 1. The third-order valence-corrected chi connectivity index (χ3v) is 7.35. The first-order valence-corrected chi connectivity index (χ1v) is 11.9. The lowest BCUT2D eigenvalue weighted by molar-refractivity contribution is 0.00934. The topological polar surface area (TPSA) is 41.6 Å². The molecule has 2 heterocycles. The van der Waals surface area contributed by atoms with Crippen LogP contribution < -0.4 is 5.32 Å². The Morgan fingerprint density at radius 2 is 2.03 bits per heavy atom. The molecule has 2 fully saturated rings. The molecule has 5 rings (SSSR count). The van der Waals surface area contributed by atoms with Crippen LogP contribution in [-0.4, -0.2) is 36.4 Å². The summed E-state index contributed by atoms with van der Waals surface area (Å²) < 4.78 is 21.3. The van der Waals surface area contributed by atoms with E-state index >= 15 is 0 Å². The molecule has 4 nitrogen and oxygen atoms in total. The monoisotopic (exact) mass is 438 g/mol. The van der Waals surface area contributed by atoms with E-state index in [-0.39, 0.29) is 12.5 Å². The van der Waals surface area contributed by atoms with Crippen LogP contribution in [-0.2, 0) is 11.3 Å². The first-order valence-electron chi connectivity index (χ1n) is 11.0. The third-order valence-electron chi connectivity index (χ3n) is 6.45. The number of rotatable bonds is 6. The number of piperidine rings is 1. The molecule has 2 aromatic carbocycles. The lowest BCUT2D eigenvalue weighted by Gasteiger charge is -2.34. The Hall–Kier alpha value is -2.44. The number of carbonyl (C=O) groups is 1. The van der Waals surface area contributed by atoms with Gasteiger partial charge >= 0.3 is 6.09 Å². The molecule has 31 heavy (non-hydrogen) atoms. The summed E-state index contributed by atoms with van der Waals surface area (Å²) in [5, 5.41) is 7.08. The van der Waals surface area contributed by atoms with Crippen molar-refractivity contribution >= 4 is 27.5 Å². The number of carbonyl (C=O) groups excluding carboxylic acids is 1. The van der Waals surface area contributed by atoms with Gasteiger partial charge in [-0.3, -0.25) is 4.90 Å². The summed E-state index contributed by atoms with van der Waals surface area (Å²) >= 11 is 1.77. The highest BCUT2D eigenvalue weighted by Crippen LogP contribution is 2.42. The predicted molar refractivity (Wildman–Crippen MR) is 122 cm³/mol. The molecule has 6 heteroatoms. The van der Waals surface area contributed by atoms with Gasteiger partial charge in [-0.1, -0.05) is 36.4 Å². The Bertz CT molecular complexity index is 1040. The van der Waals surface area contributed by atoms with Gasteiger partial charge in [-0.2, -0.15) is 0 Å². The zero-order valence-electron chi connectivity index (χ0n) is 17.4. The quantitative estimate of drug-likeness (QED) is 0.503. The average Bonchev–Trinajstić information content (AvgIpc) is 3.42. The van der Waals surface area contributed by atoms with Gasteiger partial charge in [-0.15, -0.1) is 11.3 Å². The number of thiophene rings is 1. The Balaban J connectivity index is 1.06. The lowest BCUT2D eigenvalue weighted by atomic mass is 9.96. The number of likely N-dealkylation sites (tertiary alicyclic amines) is 1. The van der Waals surface area contributed by atoms with Gasteiger partial charge in [0.1, 0.15) is 6.61 Å². The van der Waals surface area contributed by atoms with Crippen molar-refractivity contribution in [3.63, 3.8) is 0 Å². The summed E-state index contributed by atoms with van der Waals surface area (Å²) in [6, 6.07) is 18.9. The summed E-state index contributed by atoms with van der Waals surface area (Å²) in [6.45, 7) is 1.38. The predicted octanol–water partition coefficient (Wildman–Crippen LogP) is 5.69. The Morgan fingerprint density at radius 3 is 2.87 bits per heavy atom. The number of nitrogens with one attached hydrogen (secondary N) is 1. The third kappa shape index (κ3) is 4.75. The van der Waals surface area contributed by atoms with Crippen LogP contribution in [0, 0.1) is 5.92 Å². The number of ether oxygens (including phenoxy) is 1. The van der Waals surface area contributed by atoms with Gasteiger partial charge in [0.15, 0.2) is 6.30 Å². The van der Waals surface area contributed by atoms with Gasteiger partial charge in [0.2, 0.25) is 0 Å². The molecular weight excluding hydrogens is 411 g/mol. The number of benzene rings is 2. The second kappa shape index (κ2) is 8.97.